The lowest BCUT2D eigenvalue weighted by Gasteiger charge is -2.09. The van der Waals surface area contributed by atoms with Crippen LogP contribution < -0.4 is 14.8 Å². The number of rotatable bonds is 6. The van der Waals surface area contributed by atoms with Crippen LogP contribution in [0, 0.1) is 6.92 Å². The number of amides is 1. The molecule has 0 fully saturated rings. The first-order chi connectivity index (χ1) is 17.0. The van der Waals surface area contributed by atoms with E-state index in [1.54, 1.807) is 25.0 Å². The summed E-state index contributed by atoms with van der Waals surface area (Å²) >= 11 is 1.34. The van der Waals surface area contributed by atoms with Crippen molar-refractivity contribution in [3.63, 3.8) is 0 Å². The van der Waals surface area contributed by atoms with Crippen LogP contribution >= 0.6 is 11.3 Å². The Morgan fingerprint density at radius 1 is 1.00 bits per heavy atom. The number of nitrogens with one attached hydrogen (secondary N) is 1. The molecule has 3 aromatic heterocycles. The van der Waals surface area contributed by atoms with Gasteiger partial charge in [-0.25, -0.2) is 9.97 Å². The first-order valence-corrected chi connectivity index (χ1v) is 11.8. The Balaban J connectivity index is 1.52. The Hall–Kier alpha value is -4.24. The number of fused-ring (bicyclic) bond motifs is 1. The zero-order valence-electron chi connectivity index (χ0n) is 19.7. The molecule has 176 valence electrons. The summed E-state index contributed by atoms with van der Waals surface area (Å²) in [4.78, 5) is 22.9. The highest BCUT2D eigenvalue weighted by Crippen LogP contribution is 2.35. The second-order valence-electron chi connectivity index (χ2n) is 7.89. The third-order valence-corrected chi connectivity index (χ3v) is 6.45. The largest absolute Gasteiger partial charge is 0.497 e. The minimum Gasteiger partial charge on any atom is -0.497 e. The third-order valence-electron chi connectivity index (χ3n) is 5.69. The fraction of sp³-hybridized carbons (Fsp3) is 0.154. The number of thiazole rings is 1. The van der Waals surface area contributed by atoms with E-state index in [0.717, 1.165) is 22.2 Å². The van der Waals surface area contributed by atoms with E-state index in [-0.39, 0.29) is 5.91 Å². The molecule has 0 aliphatic rings. The lowest BCUT2D eigenvalue weighted by Crippen LogP contribution is -2.13. The van der Waals surface area contributed by atoms with Crippen molar-refractivity contribution in [1.82, 2.24) is 19.7 Å². The SMILES string of the molecule is COc1ccc(OC)c(-c2csc(NC(=O)c3cc(-c4ccccc4)nc4c3c(C)nn4C)n2)c1. The number of aryl methyl sites for hydroxylation is 2. The van der Waals surface area contributed by atoms with Crippen LogP contribution in [-0.2, 0) is 7.05 Å². The van der Waals surface area contributed by atoms with Gasteiger partial charge in [0.1, 0.15) is 11.5 Å². The van der Waals surface area contributed by atoms with Gasteiger partial charge in [0.05, 0.1) is 42.3 Å². The van der Waals surface area contributed by atoms with Crippen molar-refractivity contribution in [2.45, 2.75) is 6.92 Å². The summed E-state index contributed by atoms with van der Waals surface area (Å²) in [5, 5.41) is 10.5. The summed E-state index contributed by atoms with van der Waals surface area (Å²) < 4.78 is 12.5. The molecule has 3 heterocycles. The van der Waals surface area contributed by atoms with Crippen molar-refractivity contribution < 1.29 is 14.3 Å². The summed E-state index contributed by atoms with van der Waals surface area (Å²) in [5.41, 5.74) is 4.97. The average molecular weight is 486 g/mol. The van der Waals surface area contributed by atoms with Crippen LogP contribution in [0.4, 0.5) is 5.13 Å². The Bertz CT molecular complexity index is 1540. The van der Waals surface area contributed by atoms with Crippen molar-refractivity contribution in [2.24, 2.45) is 7.05 Å². The van der Waals surface area contributed by atoms with E-state index in [2.05, 4.69) is 15.4 Å². The van der Waals surface area contributed by atoms with Crippen molar-refractivity contribution >= 4 is 33.4 Å². The Labute approximate surface area is 206 Å². The minimum atomic E-state index is -0.274. The number of pyridine rings is 1. The number of anilines is 1. The molecule has 0 saturated heterocycles. The van der Waals surface area contributed by atoms with E-state index in [9.17, 15) is 4.79 Å². The van der Waals surface area contributed by atoms with Crippen LogP contribution in [-0.4, -0.2) is 39.9 Å². The molecule has 5 rings (SSSR count). The summed E-state index contributed by atoms with van der Waals surface area (Å²) in [6.07, 6.45) is 0. The van der Waals surface area contributed by atoms with Crippen molar-refractivity contribution in [3.8, 4) is 34.0 Å². The third kappa shape index (κ3) is 4.22. The number of methoxy groups -OCH3 is 2. The van der Waals surface area contributed by atoms with Gasteiger partial charge in [-0.15, -0.1) is 11.3 Å². The normalized spacial score (nSPS) is 11.0. The van der Waals surface area contributed by atoms with Crippen molar-refractivity contribution in [3.05, 3.63) is 71.2 Å². The second kappa shape index (κ2) is 9.19. The number of ether oxygens (including phenoxy) is 2. The number of hydrogen-bond donors (Lipinski definition) is 1. The van der Waals surface area contributed by atoms with E-state index < -0.39 is 0 Å². The molecule has 0 aliphatic carbocycles. The Morgan fingerprint density at radius 2 is 1.80 bits per heavy atom. The monoisotopic (exact) mass is 485 g/mol. The maximum Gasteiger partial charge on any atom is 0.258 e. The second-order valence-corrected chi connectivity index (χ2v) is 8.75. The van der Waals surface area contributed by atoms with Crippen molar-refractivity contribution in [2.75, 3.05) is 19.5 Å². The van der Waals surface area contributed by atoms with Crippen LogP contribution in [0.5, 0.6) is 11.5 Å². The van der Waals surface area contributed by atoms with Crippen LogP contribution in [0.3, 0.4) is 0 Å². The molecule has 0 atom stereocenters. The summed E-state index contributed by atoms with van der Waals surface area (Å²) in [6, 6.07) is 17.1. The lowest BCUT2D eigenvalue weighted by atomic mass is 10.1. The fourth-order valence-corrected chi connectivity index (χ4v) is 4.72. The molecule has 0 radical (unpaired) electrons. The number of hydrogen-bond acceptors (Lipinski definition) is 7. The van der Waals surface area contributed by atoms with Gasteiger partial charge in [0.25, 0.3) is 5.91 Å². The summed E-state index contributed by atoms with van der Waals surface area (Å²) in [5.74, 6) is 1.09. The number of aromatic nitrogens is 4. The standard InChI is InChI=1S/C26H23N5O3S/c1-15-23-19(13-20(16-8-6-5-7-9-16)27-24(23)31(2)30-15)25(32)29-26-28-21(14-35-26)18-12-17(33-3)10-11-22(18)34-4/h5-14H,1-4H3,(H,28,29,32). The minimum absolute atomic E-state index is 0.274. The van der Waals surface area contributed by atoms with E-state index >= 15 is 0 Å². The average Bonchev–Trinajstić information content (AvgIpc) is 3.47. The van der Waals surface area contributed by atoms with Gasteiger partial charge in [-0.2, -0.15) is 5.10 Å². The van der Waals surface area contributed by atoms with Gasteiger partial charge >= 0.3 is 0 Å². The molecule has 0 unspecified atom stereocenters. The number of benzene rings is 2. The first-order valence-electron chi connectivity index (χ1n) is 10.9. The highest BCUT2D eigenvalue weighted by atomic mass is 32.1. The molecule has 9 heteroatoms. The lowest BCUT2D eigenvalue weighted by molar-refractivity contribution is 0.102. The highest BCUT2D eigenvalue weighted by Gasteiger charge is 2.21. The van der Waals surface area contributed by atoms with Gasteiger partial charge in [-0.1, -0.05) is 30.3 Å². The molecule has 5 aromatic rings. The van der Waals surface area contributed by atoms with E-state index in [0.29, 0.717) is 39.2 Å². The Kier molecular flexibility index (Phi) is 5.92. The molecule has 0 bridgehead atoms. The maximum atomic E-state index is 13.5. The number of carbonyl (C=O) groups excluding carboxylic acids is 1. The van der Waals surface area contributed by atoms with E-state index in [4.69, 9.17) is 14.5 Å². The van der Waals surface area contributed by atoms with Gasteiger partial charge in [0.2, 0.25) is 0 Å². The molecular weight excluding hydrogens is 462 g/mol. The summed E-state index contributed by atoms with van der Waals surface area (Å²) in [7, 11) is 5.04. The zero-order valence-corrected chi connectivity index (χ0v) is 20.5. The van der Waals surface area contributed by atoms with Crippen LogP contribution in [0.2, 0.25) is 0 Å². The molecule has 0 spiro atoms. The summed E-state index contributed by atoms with van der Waals surface area (Å²) in [6.45, 7) is 1.87. The van der Waals surface area contributed by atoms with Crippen molar-refractivity contribution in [1.29, 1.82) is 0 Å². The van der Waals surface area contributed by atoms with Gasteiger partial charge in [0.15, 0.2) is 10.8 Å². The molecule has 0 aliphatic heterocycles. The van der Waals surface area contributed by atoms with Gasteiger partial charge in [-0.3, -0.25) is 14.8 Å². The van der Waals surface area contributed by atoms with E-state index in [1.807, 2.05) is 67.9 Å². The van der Waals surface area contributed by atoms with Crippen LogP contribution in [0.1, 0.15) is 16.1 Å². The molecule has 8 nitrogen and oxygen atoms in total. The number of nitrogens with zero attached hydrogens (tertiary/aromatic N) is 4. The molecule has 2 aromatic carbocycles. The highest BCUT2D eigenvalue weighted by molar-refractivity contribution is 7.14. The van der Waals surface area contributed by atoms with Gasteiger partial charge in [-0.05, 0) is 31.2 Å². The Morgan fingerprint density at radius 3 is 2.54 bits per heavy atom. The van der Waals surface area contributed by atoms with Crippen LogP contribution in [0.15, 0.2) is 60.0 Å². The quantitative estimate of drug-likeness (QED) is 0.349. The van der Waals surface area contributed by atoms with Gasteiger partial charge in [0, 0.05) is 23.6 Å². The van der Waals surface area contributed by atoms with E-state index in [1.165, 1.54) is 11.3 Å². The zero-order chi connectivity index (χ0) is 24.5. The molecule has 1 N–H and O–H groups in total. The molecule has 35 heavy (non-hydrogen) atoms. The molecular formula is C26H23N5O3S. The topological polar surface area (TPSA) is 91.2 Å². The number of carbonyl (C=O) groups is 1. The molecule has 0 saturated carbocycles. The predicted molar refractivity (Wildman–Crippen MR) is 137 cm³/mol. The molecule has 1 amide bonds. The van der Waals surface area contributed by atoms with Gasteiger partial charge < -0.3 is 9.47 Å². The fourth-order valence-electron chi connectivity index (χ4n) is 4.01. The predicted octanol–water partition coefficient (Wildman–Crippen LogP) is 5.34. The maximum absolute atomic E-state index is 13.5. The smallest absolute Gasteiger partial charge is 0.258 e. The first kappa shape index (κ1) is 22.5. The van der Waals surface area contributed by atoms with Crippen LogP contribution in [0.25, 0.3) is 33.5 Å².